The molecule has 0 unspecified atom stereocenters. The van der Waals surface area contributed by atoms with Crippen molar-refractivity contribution in [3.8, 4) is 5.75 Å². The SMILES string of the molecule is CCC(CC)(CBr)NC(=O)c1ccc(Cl)cc1O. The minimum absolute atomic E-state index is 0.101. The molecule has 0 aliphatic carbocycles. The number of phenolic OH excluding ortho intramolecular Hbond substituents is 1. The van der Waals surface area contributed by atoms with E-state index in [-0.39, 0.29) is 22.8 Å². The Kier molecular flexibility index (Phi) is 5.47. The predicted octanol–water partition coefficient (Wildman–Crippen LogP) is 3.73. The van der Waals surface area contributed by atoms with Gasteiger partial charge in [-0.1, -0.05) is 41.4 Å². The molecule has 0 heterocycles. The predicted molar refractivity (Wildman–Crippen MR) is 77.7 cm³/mol. The number of hydrogen-bond donors (Lipinski definition) is 2. The van der Waals surface area contributed by atoms with Gasteiger partial charge in [0.05, 0.1) is 5.56 Å². The number of rotatable bonds is 5. The number of benzene rings is 1. The first-order valence-corrected chi connectivity index (χ1v) is 7.35. The number of carbonyl (C=O) groups excluding carboxylic acids is 1. The minimum atomic E-state index is -0.289. The Labute approximate surface area is 121 Å². The highest BCUT2D eigenvalue weighted by atomic mass is 79.9. The molecule has 1 rings (SSSR count). The highest BCUT2D eigenvalue weighted by Gasteiger charge is 2.28. The number of carbonyl (C=O) groups is 1. The van der Waals surface area contributed by atoms with Gasteiger partial charge in [-0.05, 0) is 31.0 Å². The van der Waals surface area contributed by atoms with Crippen molar-refractivity contribution in [3.05, 3.63) is 28.8 Å². The van der Waals surface area contributed by atoms with E-state index in [4.69, 9.17) is 11.6 Å². The Balaban J connectivity index is 2.94. The number of nitrogens with one attached hydrogen (secondary N) is 1. The van der Waals surface area contributed by atoms with Crippen molar-refractivity contribution in [2.45, 2.75) is 32.2 Å². The molecule has 1 aromatic rings. The minimum Gasteiger partial charge on any atom is -0.507 e. The average Bonchev–Trinajstić information content (AvgIpc) is 2.36. The second kappa shape index (κ2) is 6.43. The summed E-state index contributed by atoms with van der Waals surface area (Å²) in [5, 5.41) is 13.8. The van der Waals surface area contributed by atoms with Crippen LogP contribution in [-0.2, 0) is 0 Å². The summed E-state index contributed by atoms with van der Waals surface area (Å²) in [5.74, 6) is -0.386. The Morgan fingerprint density at radius 1 is 1.44 bits per heavy atom. The Bertz CT molecular complexity index is 425. The van der Waals surface area contributed by atoms with Crippen LogP contribution in [0.5, 0.6) is 5.75 Å². The van der Waals surface area contributed by atoms with E-state index < -0.39 is 0 Å². The fraction of sp³-hybridized carbons (Fsp3) is 0.462. The van der Waals surface area contributed by atoms with Crippen LogP contribution in [0.15, 0.2) is 18.2 Å². The lowest BCUT2D eigenvalue weighted by molar-refractivity contribution is 0.0901. The number of phenols is 1. The molecule has 2 N–H and O–H groups in total. The zero-order chi connectivity index (χ0) is 13.8. The molecule has 0 aliphatic heterocycles. The standard InChI is InChI=1S/C13H17BrClNO2/c1-3-13(4-2,8-14)16-12(18)10-6-5-9(15)7-11(10)17/h5-7,17H,3-4,8H2,1-2H3,(H,16,18). The smallest absolute Gasteiger partial charge is 0.255 e. The van der Waals surface area contributed by atoms with Crippen LogP contribution in [0.25, 0.3) is 0 Å². The van der Waals surface area contributed by atoms with Crippen LogP contribution in [0.4, 0.5) is 0 Å². The Morgan fingerprint density at radius 2 is 2.06 bits per heavy atom. The van der Waals surface area contributed by atoms with E-state index in [0.717, 1.165) is 12.8 Å². The fourth-order valence-electron chi connectivity index (χ4n) is 1.65. The summed E-state index contributed by atoms with van der Waals surface area (Å²) < 4.78 is 0. The van der Waals surface area contributed by atoms with Crippen LogP contribution < -0.4 is 5.32 Å². The van der Waals surface area contributed by atoms with Crippen molar-refractivity contribution < 1.29 is 9.90 Å². The van der Waals surface area contributed by atoms with Crippen molar-refractivity contribution in [3.63, 3.8) is 0 Å². The van der Waals surface area contributed by atoms with Gasteiger partial charge in [0.2, 0.25) is 0 Å². The van der Waals surface area contributed by atoms with Gasteiger partial charge < -0.3 is 10.4 Å². The number of alkyl halides is 1. The zero-order valence-electron chi connectivity index (χ0n) is 10.5. The summed E-state index contributed by atoms with van der Waals surface area (Å²) in [6, 6.07) is 4.48. The molecule has 0 saturated heterocycles. The van der Waals surface area contributed by atoms with Gasteiger partial charge in [-0.3, -0.25) is 4.79 Å². The normalized spacial score (nSPS) is 11.3. The van der Waals surface area contributed by atoms with Gasteiger partial charge >= 0.3 is 0 Å². The Morgan fingerprint density at radius 3 is 2.50 bits per heavy atom. The van der Waals surface area contributed by atoms with E-state index in [0.29, 0.717) is 10.4 Å². The number of hydrogen-bond acceptors (Lipinski definition) is 2. The van der Waals surface area contributed by atoms with Crippen LogP contribution in [0.2, 0.25) is 5.02 Å². The van der Waals surface area contributed by atoms with E-state index in [1.807, 2.05) is 13.8 Å². The summed E-state index contributed by atoms with van der Waals surface area (Å²) in [6.07, 6.45) is 1.63. The third-order valence-corrected chi connectivity index (χ3v) is 4.50. The van der Waals surface area contributed by atoms with Crippen LogP contribution >= 0.6 is 27.5 Å². The molecule has 0 bridgehead atoms. The highest BCUT2D eigenvalue weighted by Crippen LogP contribution is 2.24. The number of halogens is 2. The second-order valence-electron chi connectivity index (χ2n) is 4.24. The molecule has 0 aromatic heterocycles. The summed E-state index contributed by atoms with van der Waals surface area (Å²) in [5.41, 5.74) is -0.0463. The fourth-order valence-corrected chi connectivity index (χ4v) is 2.75. The third-order valence-electron chi connectivity index (χ3n) is 3.19. The van der Waals surface area contributed by atoms with E-state index >= 15 is 0 Å². The molecular weight excluding hydrogens is 318 g/mol. The van der Waals surface area contributed by atoms with E-state index in [2.05, 4.69) is 21.2 Å². The lowest BCUT2D eigenvalue weighted by Crippen LogP contribution is -2.49. The number of aromatic hydroxyl groups is 1. The van der Waals surface area contributed by atoms with Crippen LogP contribution in [0, 0.1) is 0 Å². The summed E-state index contributed by atoms with van der Waals surface area (Å²) in [4.78, 5) is 12.1. The van der Waals surface area contributed by atoms with E-state index in [1.165, 1.54) is 12.1 Å². The van der Waals surface area contributed by atoms with Crippen LogP contribution in [0.1, 0.15) is 37.0 Å². The van der Waals surface area contributed by atoms with E-state index in [9.17, 15) is 9.90 Å². The molecule has 0 fully saturated rings. The van der Waals surface area contributed by atoms with E-state index in [1.54, 1.807) is 6.07 Å². The molecular formula is C13H17BrClNO2. The van der Waals surface area contributed by atoms with Crippen molar-refractivity contribution in [1.82, 2.24) is 5.32 Å². The molecule has 0 spiro atoms. The largest absolute Gasteiger partial charge is 0.507 e. The maximum atomic E-state index is 12.1. The molecule has 0 atom stereocenters. The van der Waals surface area contributed by atoms with Gasteiger partial charge in [-0.25, -0.2) is 0 Å². The summed E-state index contributed by atoms with van der Waals surface area (Å²) >= 11 is 9.16. The van der Waals surface area contributed by atoms with Gasteiger partial charge in [0.25, 0.3) is 5.91 Å². The monoisotopic (exact) mass is 333 g/mol. The molecule has 5 heteroatoms. The molecule has 0 saturated carbocycles. The van der Waals surface area contributed by atoms with Gasteiger partial charge in [-0.15, -0.1) is 0 Å². The first kappa shape index (κ1) is 15.3. The molecule has 100 valence electrons. The first-order chi connectivity index (χ1) is 8.48. The van der Waals surface area contributed by atoms with Gasteiger partial charge in [0, 0.05) is 15.9 Å². The van der Waals surface area contributed by atoms with Gasteiger partial charge in [0.1, 0.15) is 5.75 Å². The number of amides is 1. The summed E-state index contributed by atoms with van der Waals surface area (Å²) in [6.45, 7) is 4.04. The van der Waals surface area contributed by atoms with Crippen molar-refractivity contribution >= 4 is 33.4 Å². The van der Waals surface area contributed by atoms with Gasteiger partial charge in [0.15, 0.2) is 0 Å². The van der Waals surface area contributed by atoms with Crippen molar-refractivity contribution in [2.75, 3.05) is 5.33 Å². The molecule has 0 aliphatic rings. The first-order valence-electron chi connectivity index (χ1n) is 5.85. The van der Waals surface area contributed by atoms with Gasteiger partial charge in [-0.2, -0.15) is 0 Å². The molecule has 1 amide bonds. The molecule has 1 aromatic carbocycles. The van der Waals surface area contributed by atoms with Crippen molar-refractivity contribution in [2.24, 2.45) is 0 Å². The molecule has 18 heavy (non-hydrogen) atoms. The topological polar surface area (TPSA) is 49.3 Å². The van der Waals surface area contributed by atoms with Crippen molar-refractivity contribution in [1.29, 1.82) is 0 Å². The molecule has 0 radical (unpaired) electrons. The zero-order valence-corrected chi connectivity index (χ0v) is 12.8. The Hall–Kier alpha value is -0.740. The van der Waals surface area contributed by atoms with Crippen LogP contribution in [0.3, 0.4) is 0 Å². The lowest BCUT2D eigenvalue weighted by Gasteiger charge is -2.31. The third kappa shape index (κ3) is 3.39. The highest BCUT2D eigenvalue weighted by molar-refractivity contribution is 9.09. The maximum Gasteiger partial charge on any atom is 0.255 e. The lowest BCUT2D eigenvalue weighted by atomic mass is 9.95. The van der Waals surface area contributed by atoms with Crippen LogP contribution in [-0.4, -0.2) is 21.9 Å². The maximum absolute atomic E-state index is 12.1. The second-order valence-corrected chi connectivity index (χ2v) is 5.23. The quantitative estimate of drug-likeness (QED) is 0.806. The molecule has 3 nitrogen and oxygen atoms in total. The summed E-state index contributed by atoms with van der Waals surface area (Å²) in [7, 11) is 0. The average molecular weight is 335 g/mol.